The van der Waals surface area contributed by atoms with Crippen molar-refractivity contribution in [2.24, 2.45) is 0 Å². The molecule has 2 nitrogen and oxygen atoms in total. The third-order valence-corrected chi connectivity index (χ3v) is 16.6. The van der Waals surface area contributed by atoms with Crippen molar-refractivity contribution >= 4 is 114 Å². The molecule has 0 spiro atoms. The summed E-state index contributed by atoms with van der Waals surface area (Å²) >= 11 is 1.87. The quantitative estimate of drug-likeness (QED) is 0.160. The molecule has 0 unspecified atom stereocenters. The van der Waals surface area contributed by atoms with Crippen molar-refractivity contribution in [2.75, 3.05) is 4.90 Å². The van der Waals surface area contributed by atoms with Crippen LogP contribution in [0.1, 0.15) is 25.0 Å². The van der Waals surface area contributed by atoms with Gasteiger partial charge < -0.3 is 9.32 Å². The third kappa shape index (κ3) is 5.61. The van der Waals surface area contributed by atoms with Crippen molar-refractivity contribution in [1.29, 1.82) is 0 Å². The van der Waals surface area contributed by atoms with Gasteiger partial charge in [-0.15, -0.1) is 11.3 Å². The maximum Gasteiger partial charge on any atom is 0.159 e. The molecule has 1 aliphatic carbocycles. The summed E-state index contributed by atoms with van der Waals surface area (Å²) < 4.78 is 10.1. The van der Waals surface area contributed by atoms with Crippen molar-refractivity contribution in [1.82, 2.24) is 0 Å². The summed E-state index contributed by atoms with van der Waals surface area (Å²) in [7, 11) is 0. The fourth-order valence-electron chi connectivity index (χ4n) is 12.1. The first kappa shape index (κ1) is 39.5. The van der Waals surface area contributed by atoms with Crippen LogP contribution in [0, 0.1) is 0 Å². The van der Waals surface area contributed by atoms with Crippen LogP contribution in [0.3, 0.4) is 0 Å². The van der Waals surface area contributed by atoms with E-state index in [4.69, 9.17) is 4.42 Å². The number of hydrogen-bond donors (Lipinski definition) is 0. The Morgan fingerprint density at radius 3 is 1.76 bits per heavy atom. The largest absolute Gasteiger partial charge is 0.453 e. The van der Waals surface area contributed by atoms with E-state index in [1.165, 1.54) is 96.6 Å². The topological polar surface area (TPSA) is 16.4 Å². The van der Waals surface area contributed by atoms with Gasteiger partial charge in [0.15, 0.2) is 5.58 Å². The second kappa shape index (κ2) is 14.8. The predicted octanol–water partition coefficient (Wildman–Crippen LogP) is 19.7. The summed E-state index contributed by atoms with van der Waals surface area (Å²) in [4.78, 5) is 2.42. The van der Waals surface area contributed by atoms with Crippen molar-refractivity contribution in [3.05, 3.63) is 236 Å². The number of thiophene rings is 1. The highest BCUT2D eigenvalue weighted by Crippen LogP contribution is 2.53. The van der Waals surface area contributed by atoms with Crippen molar-refractivity contribution in [2.45, 2.75) is 19.3 Å². The molecule has 0 aliphatic heterocycles. The Labute approximate surface area is 408 Å². The Morgan fingerprint density at radius 1 is 0.371 bits per heavy atom. The Morgan fingerprint density at radius 2 is 0.957 bits per heavy atom. The Bertz CT molecular complexity index is 4480. The Kier molecular flexibility index (Phi) is 8.32. The van der Waals surface area contributed by atoms with Gasteiger partial charge in [-0.05, 0) is 131 Å². The van der Waals surface area contributed by atoms with Crippen LogP contribution in [0.5, 0.6) is 0 Å². The number of anilines is 3. The zero-order valence-electron chi connectivity index (χ0n) is 38.6. The molecule has 0 atom stereocenters. The predicted molar refractivity (Wildman–Crippen MR) is 300 cm³/mol. The van der Waals surface area contributed by atoms with Crippen LogP contribution in [0.2, 0.25) is 0 Å². The van der Waals surface area contributed by atoms with E-state index in [2.05, 4.69) is 243 Å². The van der Waals surface area contributed by atoms with Crippen LogP contribution in [-0.4, -0.2) is 0 Å². The fraction of sp³-hybridized carbons (Fsp3) is 0.0448. The molecule has 3 heteroatoms. The second-order valence-electron chi connectivity index (χ2n) is 19.5. The van der Waals surface area contributed by atoms with Gasteiger partial charge in [-0.1, -0.05) is 190 Å². The smallest absolute Gasteiger partial charge is 0.159 e. The summed E-state index contributed by atoms with van der Waals surface area (Å²) in [5, 5.41) is 14.7. The normalized spacial score (nSPS) is 13.1. The van der Waals surface area contributed by atoms with Crippen molar-refractivity contribution in [3.63, 3.8) is 0 Å². The molecule has 0 saturated carbocycles. The molecule has 0 saturated heterocycles. The molecule has 12 aromatic carbocycles. The number of rotatable bonds is 5. The van der Waals surface area contributed by atoms with Gasteiger partial charge in [0.05, 0.1) is 5.69 Å². The number of fused-ring (bicyclic) bond motifs is 16. The van der Waals surface area contributed by atoms with Crippen LogP contribution < -0.4 is 4.90 Å². The van der Waals surface area contributed by atoms with Gasteiger partial charge in [-0.2, -0.15) is 0 Å². The van der Waals surface area contributed by atoms with Gasteiger partial charge in [0.1, 0.15) is 5.58 Å². The summed E-state index contributed by atoms with van der Waals surface area (Å²) in [6.45, 7) is 4.72. The van der Waals surface area contributed by atoms with Gasteiger partial charge >= 0.3 is 0 Å². The van der Waals surface area contributed by atoms with E-state index in [9.17, 15) is 0 Å². The van der Waals surface area contributed by atoms with Crippen LogP contribution >= 0.6 is 11.3 Å². The zero-order chi connectivity index (χ0) is 46.2. The summed E-state index contributed by atoms with van der Waals surface area (Å²) in [6, 6.07) is 83.0. The van der Waals surface area contributed by atoms with Gasteiger partial charge in [0.2, 0.25) is 0 Å². The van der Waals surface area contributed by atoms with Crippen LogP contribution in [0.25, 0.3) is 119 Å². The fourth-order valence-corrected chi connectivity index (χ4v) is 13.4. The molecule has 2 aromatic heterocycles. The standard InChI is InChI=1S/C67H43NOS/c1-67(2)59-26-11-9-21-52(59)53-36-34-44(39-60(53)67)68(43-32-29-40(30-33-43)46-23-13-25-56-54-22-10-12-28-62(54)70-66(46)56)61-27-14-24-55-58-37-41-15-3-4-16-45(41)63(65(58)69-64(55)61)42-31-35-51-49-19-6-5-17-47(49)48-18-7-8-20-50(48)57(51)38-42/h3-39H,1-2H3. The molecule has 0 fully saturated rings. The molecular formula is C67H43NOS. The van der Waals surface area contributed by atoms with Crippen LogP contribution in [0.4, 0.5) is 17.1 Å². The lowest BCUT2D eigenvalue weighted by Crippen LogP contribution is -2.16. The molecule has 328 valence electrons. The lowest BCUT2D eigenvalue weighted by atomic mass is 9.82. The summed E-state index contributed by atoms with van der Waals surface area (Å²) in [6.07, 6.45) is 0. The number of hydrogen-bond acceptors (Lipinski definition) is 3. The summed E-state index contributed by atoms with van der Waals surface area (Å²) in [5.74, 6) is 0. The van der Waals surface area contributed by atoms with Crippen molar-refractivity contribution < 1.29 is 4.42 Å². The molecule has 0 bridgehead atoms. The van der Waals surface area contributed by atoms with E-state index in [1.807, 2.05) is 11.3 Å². The number of furan rings is 1. The van der Waals surface area contributed by atoms with E-state index in [0.29, 0.717) is 0 Å². The van der Waals surface area contributed by atoms with E-state index in [-0.39, 0.29) is 5.41 Å². The molecule has 2 heterocycles. The van der Waals surface area contributed by atoms with Crippen molar-refractivity contribution in [3.8, 4) is 33.4 Å². The van der Waals surface area contributed by atoms with Crippen LogP contribution in [0.15, 0.2) is 229 Å². The molecule has 70 heavy (non-hydrogen) atoms. The molecule has 15 rings (SSSR count). The summed E-state index contributed by atoms with van der Waals surface area (Å²) in [5.41, 5.74) is 14.7. The zero-order valence-corrected chi connectivity index (χ0v) is 39.4. The minimum absolute atomic E-state index is 0.168. The first-order chi connectivity index (χ1) is 34.5. The minimum atomic E-state index is -0.168. The maximum absolute atomic E-state index is 7.49. The highest BCUT2D eigenvalue weighted by molar-refractivity contribution is 7.26. The lowest BCUT2D eigenvalue weighted by molar-refractivity contribution is 0.660. The molecular weight excluding hydrogens is 867 g/mol. The molecule has 0 N–H and O–H groups in total. The van der Waals surface area contributed by atoms with Gasteiger partial charge in [0.25, 0.3) is 0 Å². The van der Waals surface area contributed by atoms with Gasteiger partial charge in [-0.25, -0.2) is 0 Å². The minimum Gasteiger partial charge on any atom is -0.453 e. The first-order valence-corrected chi connectivity index (χ1v) is 25.1. The number of nitrogens with zero attached hydrogens (tertiary/aromatic N) is 1. The molecule has 0 radical (unpaired) electrons. The number of benzene rings is 12. The third-order valence-electron chi connectivity index (χ3n) is 15.4. The number of para-hydroxylation sites is 1. The molecule has 0 amide bonds. The lowest BCUT2D eigenvalue weighted by Gasteiger charge is -2.28. The SMILES string of the molecule is CC1(C)c2ccccc2-c2ccc(N(c3ccc(-c4cccc5c4sc4ccccc45)cc3)c3cccc4c3oc3c(-c5ccc6c7ccccc7c7ccccc7c6c5)c5ccccc5cc34)cc21. The highest BCUT2D eigenvalue weighted by atomic mass is 32.1. The van der Waals surface area contributed by atoms with E-state index >= 15 is 0 Å². The van der Waals surface area contributed by atoms with Gasteiger partial charge in [0, 0.05) is 53.3 Å². The average molecular weight is 910 g/mol. The second-order valence-corrected chi connectivity index (χ2v) is 20.6. The average Bonchev–Trinajstić information content (AvgIpc) is 4.06. The van der Waals surface area contributed by atoms with Gasteiger partial charge in [-0.3, -0.25) is 0 Å². The molecule has 1 aliphatic rings. The van der Waals surface area contributed by atoms with E-state index in [1.54, 1.807) is 0 Å². The van der Waals surface area contributed by atoms with E-state index < -0.39 is 0 Å². The van der Waals surface area contributed by atoms with E-state index in [0.717, 1.165) is 50.1 Å². The first-order valence-electron chi connectivity index (χ1n) is 24.2. The Balaban J connectivity index is 0.961. The van der Waals surface area contributed by atoms with Crippen LogP contribution in [-0.2, 0) is 5.41 Å². The maximum atomic E-state index is 7.49. The molecule has 14 aromatic rings. The monoisotopic (exact) mass is 909 g/mol. The Hall–Kier alpha value is -8.50. The highest BCUT2D eigenvalue weighted by Gasteiger charge is 2.36.